The maximum atomic E-state index is 5.84. The maximum Gasteiger partial charge on any atom is 0.114 e. The normalized spacial score (nSPS) is 10.8. The van der Waals surface area contributed by atoms with E-state index in [0.717, 1.165) is 10.7 Å². The number of furan rings is 1. The molecule has 0 spiro atoms. The van der Waals surface area contributed by atoms with Gasteiger partial charge in [0, 0.05) is 16.3 Å². The molecule has 0 radical (unpaired) electrons. The first-order valence-electron chi connectivity index (χ1n) is 5.34. The van der Waals surface area contributed by atoms with E-state index >= 15 is 0 Å². The number of benzene rings is 1. The third-order valence-corrected chi connectivity index (χ3v) is 4.61. The number of aryl methyl sites for hydroxylation is 1. The first-order valence-corrected chi connectivity index (χ1v) is 7.38. The van der Waals surface area contributed by atoms with Gasteiger partial charge < -0.3 is 10.2 Å². The number of hydrogen-bond donors (Lipinski definition) is 1. The summed E-state index contributed by atoms with van der Waals surface area (Å²) in [6, 6.07) is 8.28. The molecule has 1 aromatic heterocycles. The first-order chi connectivity index (χ1) is 8.26. The van der Waals surface area contributed by atoms with Gasteiger partial charge in [-0.1, -0.05) is 17.8 Å². The van der Waals surface area contributed by atoms with Crippen LogP contribution in [0.3, 0.4) is 0 Å². The molecule has 1 heterocycles. The highest BCUT2D eigenvalue weighted by Crippen LogP contribution is 2.36. The van der Waals surface area contributed by atoms with Crippen molar-refractivity contribution in [2.75, 3.05) is 6.26 Å². The lowest BCUT2D eigenvalue weighted by Gasteiger charge is -2.10. The fourth-order valence-corrected chi connectivity index (χ4v) is 3.37. The molecule has 0 aliphatic carbocycles. The molecule has 4 heteroatoms. The Labute approximate surface area is 110 Å². The lowest BCUT2D eigenvalue weighted by molar-refractivity contribution is 0.527. The van der Waals surface area contributed by atoms with Gasteiger partial charge in [-0.2, -0.15) is 0 Å². The van der Waals surface area contributed by atoms with Crippen LogP contribution in [0.5, 0.6) is 0 Å². The predicted molar refractivity (Wildman–Crippen MR) is 73.7 cm³/mol. The second kappa shape index (κ2) is 5.67. The zero-order valence-electron chi connectivity index (χ0n) is 9.90. The van der Waals surface area contributed by atoms with Gasteiger partial charge in [0.25, 0.3) is 0 Å². The van der Waals surface area contributed by atoms with Crippen molar-refractivity contribution in [2.45, 2.75) is 28.2 Å². The minimum absolute atomic E-state index is 0.566. The van der Waals surface area contributed by atoms with Crippen molar-refractivity contribution in [3.8, 4) is 0 Å². The van der Waals surface area contributed by atoms with Gasteiger partial charge in [0.05, 0.1) is 11.2 Å². The molecule has 2 rings (SSSR count). The molecule has 0 saturated carbocycles. The highest BCUT2D eigenvalue weighted by Gasteiger charge is 2.10. The van der Waals surface area contributed by atoms with Crippen LogP contribution in [0.1, 0.15) is 11.3 Å². The van der Waals surface area contributed by atoms with Crippen LogP contribution in [-0.2, 0) is 6.54 Å². The van der Waals surface area contributed by atoms with E-state index in [-0.39, 0.29) is 0 Å². The Bertz CT molecular complexity index is 508. The van der Waals surface area contributed by atoms with Crippen LogP contribution in [0.2, 0.25) is 0 Å². The van der Waals surface area contributed by atoms with E-state index in [1.807, 2.05) is 13.0 Å². The molecule has 1 aromatic carbocycles. The second-order valence-electron chi connectivity index (χ2n) is 3.58. The Balaban J connectivity index is 2.36. The van der Waals surface area contributed by atoms with Crippen LogP contribution in [0, 0.1) is 6.92 Å². The summed E-state index contributed by atoms with van der Waals surface area (Å²) in [5.74, 6) is 0.951. The van der Waals surface area contributed by atoms with Gasteiger partial charge >= 0.3 is 0 Å². The summed E-state index contributed by atoms with van der Waals surface area (Å²) in [6.07, 6.45) is 3.80. The molecule has 0 unspecified atom stereocenters. The van der Waals surface area contributed by atoms with Gasteiger partial charge in [-0.15, -0.1) is 11.8 Å². The molecule has 0 amide bonds. The van der Waals surface area contributed by atoms with Crippen LogP contribution in [0.15, 0.2) is 49.6 Å². The van der Waals surface area contributed by atoms with E-state index in [4.69, 9.17) is 10.2 Å². The molecule has 0 bridgehead atoms. The fraction of sp³-hybridized carbons (Fsp3) is 0.231. The number of thioether (sulfide) groups is 1. The van der Waals surface area contributed by atoms with Gasteiger partial charge in [-0.25, -0.2) is 0 Å². The van der Waals surface area contributed by atoms with Crippen LogP contribution < -0.4 is 5.73 Å². The van der Waals surface area contributed by atoms with Crippen LogP contribution in [0.4, 0.5) is 0 Å². The number of nitrogens with two attached hydrogens (primary N) is 1. The van der Waals surface area contributed by atoms with Crippen molar-refractivity contribution in [1.82, 2.24) is 0 Å². The Morgan fingerprint density at radius 2 is 1.94 bits per heavy atom. The summed E-state index contributed by atoms with van der Waals surface area (Å²) < 4.78 is 5.31. The van der Waals surface area contributed by atoms with Crippen molar-refractivity contribution in [3.05, 3.63) is 41.9 Å². The zero-order chi connectivity index (χ0) is 12.3. The molecule has 2 nitrogen and oxygen atoms in total. The molecular formula is C13H15NOS2. The minimum Gasteiger partial charge on any atom is -0.468 e. The third-order valence-electron chi connectivity index (χ3n) is 2.55. The zero-order valence-corrected chi connectivity index (χ0v) is 11.5. The maximum absolute atomic E-state index is 5.84. The first kappa shape index (κ1) is 12.6. The molecule has 0 atom stereocenters. The molecular weight excluding hydrogens is 250 g/mol. The second-order valence-corrected chi connectivity index (χ2v) is 5.52. The summed E-state index contributed by atoms with van der Waals surface area (Å²) in [6.45, 7) is 2.54. The van der Waals surface area contributed by atoms with Crippen molar-refractivity contribution < 1.29 is 4.42 Å². The van der Waals surface area contributed by atoms with Crippen molar-refractivity contribution in [3.63, 3.8) is 0 Å². The van der Waals surface area contributed by atoms with E-state index in [9.17, 15) is 0 Å². The topological polar surface area (TPSA) is 39.2 Å². The summed E-state index contributed by atoms with van der Waals surface area (Å²) in [7, 11) is 0. The molecule has 0 aliphatic rings. The van der Waals surface area contributed by atoms with Gasteiger partial charge in [0.2, 0.25) is 0 Å². The van der Waals surface area contributed by atoms with Crippen LogP contribution >= 0.6 is 23.5 Å². The highest BCUT2D eigenvalue weighted by molar-refractivity contribution is 8.00. The molecule has 2 aromatic rings. The standard InChI is InChI=1S/C13H15NOS2/c1-9-11(6-7-15-9)17-13-5-3-4-12(16-2)10(13)8-14/h3-7H,8,14H2,1-2H3. The molecule has 2 N–H and O–H groups in total. The monoisotopic (exact) mass is 265 g/mol. The average molecular weight is 265 g/mol. The van der Waals surface area contributed by atoms with Crippen LogP contribution in [-0.4, -0.2) is 6.26 Å². The molecule has 0 fully saturated rings. The lowest BCUT2D eigenvalue weighted by Crippen LogP contribution is -2.00. The van der Waals surface area contributed by atoms with E-state index in [0.29, 0.717) is 6.54 Å². The highest BCUT2D eigenvalue weighted by atomic mass is 32.2. The molecule has 0 aliphatic heterocycles. The number of hydrogen-bond acceptors (Lipinski definition) is 4. The third kappa shape index (κ3) is 2.70. The van der Waals surface area contributed by atoms with Crippen molar-refractivity contribution in [2.24, 2.45) is 5.73 Å². The van der Waals surface area contributed by atoms with Crippen molar-refractivity contribution in [1.29, 1.82) is 0 Å². The van der Waals surface area contributed by atoms with E-state index in [2.05, 4.69) is 24.5 Å². The van der Waals surface area contributed by atoms with Crippen molar-refractivity contribution >= 4 is 23.5 Å². The van der Waals surface area contributed by atoms with Crippen LogP contribution in [0.25, 0.3) is 0 Å². The Morgan fingerprint density at radius 1 is 1.18 bits per heavy atom. The van der Waals surface area contributed by atoms with Gasteiger partial charge in [0.15, 0.2) is 0 Å². The van der Waals surface area contributed by atoms with Gasteiger partial charge in [-0.3, -0.25) is 0 Å². The summed E-state index contributed by atoms with van der Waals surface area (Å²) in [5, 5.41) is 0. The lowest BCUT2D eigenvalue weighted by atomic mass is 10.2. The SMILES string of the molecule is CSc1cccc(Sc2ccoc2C)c1CN. The smallest absolute Gasteiger partial charge is 0.114 e. The molecule has 90 valence electrons. The summed E-state index contributed by atoms with van der Waals surface area (Å²) in [4.78, 5) is 3.61. The van der Waals surface area contributed by atoms with E-state index < -0.39 is 0 Å². The average Bonchev–Trinajstić information content (AvgIpc) is 2.74. The summed E-state index contributed by atoms with van der Waals surface area (Å²) in [5.41, 5.74) is 7.06. The Kier molecular flexibility index (Phi) is 4.20. The largest absolute Gasteiger partial charge is 0.468 e. The van der Waals surface area contributed by atoms with Gasteiger partial charge in [0.1, 0.15) is 5.76 Å². The minimum atomic E-state index is 0.566. The van der Waals surface area contributed by atoms with E-state index in [1.54, 1.807) is 29.8 Å². The number of rotatable bonds is 4. The Morgan fingerprint density at radius 3 is 2.53 bits per heavy atom. The predicted octanol–water partition coefficient (Wildman–Crippen LogP) is 3.92. The molecule has 0 saturated heterocycles. The fourth-order valence-electron chi connectivity index (χ4n) is 1.63. The quantitative estimate of drug-likeness (QED) is 0.850. The Hall–Kier alpha value is -0.840. The summed E-state index contributed by atoms with van der Waals surface area (Å²) >= 11 is 3.45. The van der Waals surface area contributed by atoms with Gasteiger partial charge in [-0.05, 0) is 36.9 Å². The van der Waals surface area contributed by atoms with E-state index in [1.165, 1.54) is 15.4 Å². The molecule has 17 heavy (non-hydrogen) atoms.